The second-order valence-electron chi connectivity index (χ2n) is 4.59. The van der Waals surface area contributed by atoms with Gasteiger partial charge in [0, 0.05) is 40.9 Å². The van der Waals surface area contributed by atoms with Crippen LogP contribution in [0.4, 0.5) is 0 Å². The Morgan fingerprint density at radius 1 is 1.10 bits per heavy atom. The SMILES string of the molecule is Clc1cc(Cl)cc(CNCc2c[nH]c3ncccc23)c1. The maximum atomic E-state index is 5.98. The van der Waals surface area contributed by atoms with Gasteiger partial charge in [-0.3, -0.25) is 0 Å². The van der Waals surface area contributed by atoms with Gasteiger partial charge in [-0.15, -0.1) is 0 Å². The fourth-order valence-electron chi connectivity index (χ4n) is 2.21. The Bertz CT molecular complexity index is 717. The lowest BCUT2D eigenvalue weighted by molar-refractivity contribution is 0.696. The molecule has 20 heavy (non-hydrogen) atoms. The van der Waals surface area contributed by atoms with Crippen LogP contribution in [0.5, 0.6) is 0 Å². The van der Waals surface area contributed by atoms with Crippen molar-refractivity contribution in [3.63, 3.8) is 0 Å². The molecule has 2 N–H and O–H groups in total. The number of halogens is 2. The minimum absolute atomic E-state index is 0.658. The van der Waals surface area contributed by atoms with Crippen molar-refractivity contribution < 1.29 is 0 Å². The van der Waals surface area contributed by atoms with Crippen LogP contribution in [-0.4, -0.2) is 9.97 Å². The molecule has 0 saturated heterocycles. The lowest BCUT2D eigenvalue weighted by Gasteiger charge is -2.05. The van der Waals surface area contributed by atoms with Gasteiger partial charge >= 0.3 is 0 Å². The molecule has 3 aromatic rings. The van der Waals surface area contributed by atoms with Gasteiger partial charge in [0.2, 0.25) is 0 Å². The maximum absolute atomic E-state index is 5.98. The highest BCUT2D eigenvalue weighted by Crippen LogP contribution is 2.19. The standard InChI is InChI=1S/C15H13Cl2N3/c16-12-4-10(5-13(17)6-12)7-18-8-11-9-20-15-14(11)2-1-3-19-15/h1-6,9,18H,7-8H2,(H,19,20). The highest BCUT2D eigenvalue weighted by Gasteiger charge is 2.04. The van der Waals surface area contributed by atoms with Crippen LogP contribution >= 0.6 is 23.2 Å². The molecule has 0 amide bonds. The van der Waals surface area contributed by atoms with E-state index in [1.807, 2.05) is 24.4 Å². The lowest BCUT2D eigenvalue weighted by Crippen LogP contribution is -2.12. The van der Waals surface area contributed by atoms with Crippen molar-refractivity contribution in [3.8, 4) is 0 Å². The summed E-state index contributed by atoms with van der Waals surface area (Å²) in [6.45, 7) is 1.48. The number of hydrogen-bond acceptors (Lipinski definition) is 2. The maximum Gasteiger partial charge on any atom is 0.137 e. The first-order chi connectivity index (χ1) is 9.72. The first-order valence-corrected chi connectivity index (χ1v) is 7.04. The molecule has 0 aliphatic heterocycles. The molecule has 3 rings (SSSR count). The molecule has 0 saturated carbocycles. The predicted molar refractivity (Wildman–Crippen MR) is 83.1 cm³/mol. The van der Waals surface area contributed by atoms with E-state index in [0.29, 0.717) is 16.6 Å². The summed E-state index contributed by atoms with van der Waals surface area (Å²) < 4.78 is 0. The van der Waals surface area contributed by atoms with E-state index in [2.05, 4.69) is 21.4 Å². The predicted octanol–water partition coefficient (Wildman–Crippen LogP) is 4.16. The van der Waals surface area contributed by atoms with Crippen molar-refractivity contribution in [1.29, 1.82) is 0 Å². The first kappa shape index (κ1) is 13.4. The van der Waals surface area contributed by atoms with Gasteiger partial charge in [-0.2, -0.15) is 0 Å². The number of nitrogens with zero attached hydrogens (tertiary/aromatic N) is 1. The molecule has 3 nitrogen and oxygen atoms in total. The molecule has 2 heterocycles. The van der Waals surface area contributed by atoms with Crippen LogP contribution in [-0.2, 0) is 13.1 Å². The molecule has 1 aromatic carbocycles. The van der Waals surface area contributed by atoms with Gasteiger partial charge in [0.05, 0.1) is 0 Å². The molecule has 2 aromatic heterocycles. The topological polar surface area (TPSA) is 40.7 Å². The number of fused-ring (bicyclic) bond motifs is 1. The van der Waals surface area contributed by atoms with E-state index in [1.165, 1.54) is 5.56 Å². The Morgan fingerprint density at radius 2 is 1.90 bits per heavy atom. The molecule has 0 bridgehead atoms. The molecule has 102 valence electrons. The minimum atomic E-state index is 0.658. The zero-order valence-corrected chi connectivity index (χ0v) is 12.2. The van der Waals surface area contributed by atoms with Gasteiger partial charge < -0.3 is 10.3 Å². The number of aromatic nitrogens is 2. The molecule has 0 radical (unpaired) electrons. The fraction of sp³-hybridized carbons (Fsp3) is 0.133. The van der Waals surface area contributed by atoms with Gasteiger partial charge in [-0.05, 0) is 41.5 Å². The van der Waals surface area contributed by atoms with Crippen LogP contribution in [0.2, 0.25) is 10.0 Å². The molecular formula is C15H13Cl2N3. The summed E-state index contributed by atoms with van der Waals surface area (Å²) in [6, 6.07) is 9.56. The average molecular weight is 306 g/mol. The van der Waals surface area contributed by atoms with Crippen molar-refractivity contribution in [2.45, 2.75) is 13.1 Å². The first-order valence-electron chi connectivity index (χ1n) is 6.29. The number of H-pyrrole nitrogens is 1. The van der Waals surface area contributed by atoms with Crippen LogP contribution in [0.25, 0.3) is 11.0 Å². The second kappa shape index (κ2) is 5.83. The van der Waals surface area contributed by atoms with E-state index in [4.69, 9.17) is 23.2 Å². The monoisotopic (exact) mass is 305 g/mol. The van der Waals surface area contributed by atoms with E-state index < -0.39 is 0 Å². The summed E-state index contributed by atoms with van der Waals surface area (Å²) in [4.78, 5) is 7.43. The Hall–Kier alpha value is -1.55. The molecule has 0 fully saturated rings. The zero-order chi connectivity index (χ0) is 13.9. The summed E-state index contributed by atoms with van der Waals surface area (Å²) in [7, 11) is 0. The minimum Gasteiger partial charge on any atom is -0.346 e. The quantitative estimate of drug-likeness (QED) is 0.760. The van der Waals surface area contributed by atoms with E-state index in [0.717, 1.165) is 23.1 Å². The largest absolute Gasteiger partial charge is 0.346 e. The average Bonchev–Trinajstić information content (AvgIpc) is 2.81. The zero-order valence-electron chi connectivity index (χ0n) is 10.7. The number of aromatic amines is 1. The molecule has 0 atom stereocenters. The molecule has 0 spiro atoms. The Kier molecular flexibility index (Phi) is 3.92. The number of nitrogens with one attached hydrogen (secondary N) is 2. The molecule has 5 heteroatoms. The Morgan fingerprint density at radius 3 is 2.70 bits per heavy atom. The van der Waals surface area contributed by atoms with Gasteiger partial charge in [0.25, 0.3) is 0 Å². The molecule has 0 aliphatic carbocycles. The van der Waals surface area contributed by atoms with Crippen LogP contribution < -0.4 is 5.32 Å². The second-order valence-corrected chi connectivity index (χ2v) is 5.47. The fourth-order valence-corrected chi connectivity index (χ4v) is 2.78. The smallest absolute Gasteiger partial charge is 0.137 e. The Balaban J connectivity index is 1.68. The van der Waals surface area contributed by atoms with Crippen LogP contribution in [0.15, 0.2) is 42.7 Å². The summed E-state index contributed by atoms with van der Waals surface area (Å²) in [6.07, 6.45) is 3.76. The molecular weight excluding hydrogens is 293 g/mol. The summed E-state index contributed by atoms with van der Waals surface area (Å²) in [5.74, 6) is 0. The van der Waals surface area contributed by atoms with Gasteiger partial charge in [-0.1, -0.05) is 23.2 Å². The van der Waals surface area contributed by atoms with Crippen molar-refractivity contribution in [1.82, 2.24) is 15.3 Å². The van der Waals surface area contributed by atoms with Gasteiger partial charge in [0.15, 0.2) is 0 Å². The molecule has 0 aliphatic rings. The lowest BCUT2D eigenvalue weighted by atomic mass is 10.2. The van der Waals surface area contributed by atoms with E-state index in [9.17, 15) is 0 Å². The number of benzene rings is 1. The highest BCUT2D eigenvalue weighted by atomic mass is 35.5. The summed E-state index contributed by atoms with van der Waals surface area (Å²) >= 11 is 12.0. The number of pyridine rings is 1. The number of hydrogen-bond donors (Lipinski definition) is 2. The van der Waals surface area contributed by atoms with E-state index >= 15 is 0 Å². The van der Waals surface area contributed by atoms with Crippen molar-refractivity contribution in [2.75, 3.05) is 0 Å². The Labute approximate surface area is 126 Å². The number of rotatable bonds is 4. The third-order valence-electron chi connectivity index (χ3n) is 3.10. The van der Waals surface area contributed by atoms with Gasteiger partial charge in [-0.25, -0.2) is 4.98 Å². The van der Waals surface area contributed by atoms with Crippen LogP contribution in [0, 0.1) is 0 Å². The third-order valence-corrected chi connectivity index (χ3v) is 3.54. The highest BCUT2D eigenvalue weighted by molar-refractivity contribution is 6.34. The summed E-state index contributed by atoms with van der Waals surface area (Å²) in [5, 5.41) is 5.84. The molecule has 0 unspecified atom stereocenters. The van der Waals surface area contributed by atoms with Crippen molar-refractivity contribution in [3.05, 3.63) is 63.9 Å². The van der Waals surface area contributed by atoms with Crippen molar-refractivity contribution >= 4 is 34.2 Å². The van der Waals surface area contributed by atoms with E-state index in [-0.39, 0.29) is 0 Å². The van der Waals surface area contributed by atoms with Crippen LogP contribution in [0.1, 0.15) is 11.1 Å². The van der Waals surface area contributed by atoms with E-state index in [1.54, 1.807) is 12.3 Å². The van der Waals surface area contributed by atoms with Crippen LogP contribution in [0.3, 0.4) is 0 Å². The third kappa shape index (κ3) is 2.96. The van der Waals surface area contributed by atoms with Crippen molar-refractivity contribution in [2.24, 2.45) is 0 Å². The van der Waals surface area contributed by atoms with Gasteiger partial charge in [0.1, 0.15) is 5.65 Å². The normalized spacial score (nSPS) is 11.1. The summed E-state index contributed by atoms with van der Waals surface area (Å²) in [5.41, 5.74) is 3.18.